The number of rotatable bonds is 7. The van der Waals surface area contributed by atoms with E-state index in [-0.39, 0.29) is 0 Å². The van der Waals surface area contributed by atoms with Gasteiger partial charge in [-0.05, 0) is 25.6 Å². The van der Waals surface area contributed by atoms with Crippen LogP contribution in [0.15, 0.2) is 28.7 Å². The molecule has 2 aromatic rings. The fourth-order valence-corrected chi connectivity index (χ4v) is 2.67. The monoisotopic (exact) mass is 274 g/mol. The molecule has 0 unspecified atom stereocenters. The summed E-state index contributed by atoms with van der Waals surface area (Å²) >= 11 is 0. The van der Waals surface area contributed by atoms with Crippen LogP contribution in [0.25, 0.3) is 11.0 Å². The van der Waals surface area contributed by atoms with E-state index in [4.69, 9.17) is 4.42 Å². The average molecular weight is 274 g/mol. The Kier molecular flexibility index (Phi) is 5.21. The highest BCUT2D eigenvalue weighted by Crippen LogP contribution is 2.27. The summed E-state index contributed by atoms with van der Waals surface area (Å²) in [6, 6.07) is 8.33. The zero-order valence-corrected chi connectivity index (χ0v) is 13.1. The summed E-state index contributed by atoms with van der Waals surface area (Å²) in [6.07, 6.45) is 0. The summed E-state index contributed by atoms with van der Waals surface area (Å²) in [5.41, 5.74) is 2.32. The number of benzene rings is 1. The van der Waals surface area contributed by atoms with Crippen LogP contribution >= 0.6 is 0 Å². The number of nitrogens with one attached hydrogen (secondary N) is 1. The highest BCUT2D eigenvalue weighted by atomic mass is 16.3. The Balaban J connectivity index is 2.32. The largest absolute Gasteiger partial charge is 0.459 e. The van der Waals surface area contributed by atoms with E-state index < -0.39 is 0 Å². The molecule has 1 heterocycles. The molecule has 0 saturated heterocycles. The van der Waals surface area contributed by atoms with Crippen molar-refractivity contribution in [1.29, 1.82) is 0 Å². The standard InChI is InChI=1S/C17H26N2O/c1-5-19(11-13(2)3)12-15-14-8-6-7-9-16(14)20-17(15)10-18-4/h6-9,13,18H,5,10-12H2,1-4H3. The first-order chi connectivity index (χ1) is 9.65. The number of para-hydroxylation sites is 1. The van der Waals surface area contributed by atoms with Crippen molar-refractivity contribution in [3.63, 3.8) is 0 Å². The summed E-state index contributed by atoms with van der Waals surface area (Å²) in [6.45, 7) is 10.7. The molecule has 0 amide bonds. The normalized spacial score (nSPS) is 11.9. The zero-order valence-electron chi connectivity index (χ0n) is 13.1. The molecular formula is C17H26N2O. The molecule has 110 valence electrons. The van der Waals surface area contributed by atoms with E-state index >= 15 is 0 Å². The predicted molar refractivity (Wildman–Crippen MR) is 84.8 cm³/mol. The Labute approximate surface area is 122 Å². The van der Waals surface area contributed by atoms with Crippen LogP contribution in [0.3, 0.4) is 0 Å². The summed E-state index contributed by atoms with van der Waals surface area (Å²) < 4.78 is 6.00. The van der Waals surface area contributed by atoms with Crippen LogP contribution in [0.2, 0.25) is 0 Å². The summed E-state index contributed by atoms with van der Waals surface area (Å²) in [4.78, 5) is 2.49. The lowest BCUT2D eigenvalue weighted by molar-refractivity contribution is 0.247. The van der Waals surface area contributed by atoms with Crippen LogP contribution in [0, 0.1) is 5.92 Å². The van der Waals surface area contributed by atoms with Gasteiger partial charge in [-0.3, -0.25) is 4.90 Å². The molecule has 3 heteroatoms. The van der Waals surface area contributed by atoms with Crippen LogP contribution < -0.4 is 5.32 Å². The van der Waals surface area contributed by atoms with E-state index in [1.807, 2.05) is 13.1 Å². The van der Waals surface area contributed by atoms with Crippen molar-refractivity contribution in [3.05, 3.63) is 35.6 Å². The van der Waals surface area contributed by atoms with Gasteiger partial charge in [0.15, 0.2) is 0 Å². The fourth-order valence-electron chi connectivity index (χ4n) is 2.67. The van der Waals surface area contributed by atoms with Gasteiger partial charge in [0.1, 0.15) is 11.3 Å². The molecule has 0 bridgehead atoms. The molecule has 0 atom stereocenters. The number of hydrogen-bond donors (Lipinski definition) is 1. The molecular weight excluding hydrogens is 248 g/mol. The molecule has 1 aromatic heterocycles. The van der Waals surface area contributed by atoms with Gasteiger partial charge in [-0.15, -0.1) is 0 Å². The van der Waals surface area contributed by atoms with Gasteiger partial charge in [-0.25, -0.2) is 0 Å². The van der Waals surface area contributed by atoms with Gasteiger partial charge < -0.3 is 9.73 Å². The molecule has 0 radical (unpaired) electrons. The van der Waals surface area contributed by atoms with Gasteiger partial charge >= 0.3 is 0 Å². The quantitative estimate of drug-likeness (QED) is 0.835. The van der Waals surface area contributed by atoms with Crippen LogP contribution in [-0.2, 0) is 13.1 Å². The Morgan fingerprint density at radius 1 is 1.25 bits per heavy atom. The molecule has 20 heavy (non-hydrogen) atoms. The van der Waals surface area contributed by atoms with E-state index in [9.17, 15) is 0 Å². The molecule has 0 fully saturated rings. The van der Waals surface area contributed by atoms with Crippen LogP contribution in [0.1, 0.15) is 32.1 Å². The van der Waals surface area contributed by atoms with Crippen LogP contribution in [0.4, 0.5) is 0 Å². The minimum atomic E-state index is 0.681. The van der Waals surface area contributed by atoms with Crippen molar-refractivity contribution in [2.24, 2.45) is 5.92 Å². The lowest BCUT2D eigenvalue weighted by Crippen LogP contribution is -2.27. The predicted octanol–water partition coefficient (Wildman–Crippen LogP) is 3.63. The molecule has 0 saturated carbocycles. The van der Waals surface area contributed by atoms with Crippen molar-refractivity contribution in [1.82, 2.24) is 10.2 Å². The first-order valence-corrected chi connectivity index (χ1v) is 7.51. The van der Waals surface area contributed by atoms with E-state index in [1.54, 1.807) is 0 Å². The number of hydrogen-bond acceptors (Lipinski definition) is 3. The summed E-state index contributed by atoms with van der Waals surface area (Å²) in [5, 5.41) is 4.46. The maximum absolute atomic E-state index is 6.00. The van der Waals surface area contributed by atoms with Crippen molar-refractivity contribution in [2.45, 2.75) is 33.9 Å². The molecule has 2 rings (SSSR count). The molecule has 0 spiro atoms. The highest BCUT2D eigenvalue weighted by Gasteiger charge is 2.16. The zero-order chi connectivity index (χ0) is 14.5. The molecule has 1 N–H and O–H groups in total. The molecule has 1 aromatic carbocycles. The summed E-state index contributed by atoms with van der Waals surface area (Å²) in [7, 11) is 1.96. The SMILES string of the molecule is CCN(Cc1c(CNC)oc2ccccc12)CC(C)C. The lowest BCUT2D eigenvalue weighted by atomic mass is 10.1. The van der Waals surface area contributed by atoms with Gasteiger partial charge in [-0.2, -0.15) is 0 Å². The van der Waals surface area contributed by atoms with E-state index in [0.29, 0.717) is 5.92 Å². The Hall–Kier alpha value is -1.32. The fraction of sp³-hybridized carbons (Fsp3) is 0.529. The van der Waals surface area contributed by atoms with E-state index in [1.165, 1.54) is 10.9 Å². The van der Waals surface area contributed by atoms with Gasteiger partial charge in [0.25, 0.3) is 0 Å². The Morgan fingerprint density at radius 3 is 2.65 bits per heavy atom. The topological polar surface area (TPSA) is 28.4 Å². The summed E-state index contributed by atoms with van der Waals surface area (Å²) in [5.74, 6) is 1.75. The molecule has 3 nitrogen and oxygen atoms in total. The van der Waals surface area contributed by atoms with Gasteiger partial charge in [0.2, 0.25) is 0 Å². The average Bonchev–Trinajstić information content (AvgIpc) is 2.76. The lowest BCUT2D eigenvalue weighted by Gasteiger charge is -2.22. The second kappa shape index (κ2) is 6.91. The minimum absolute atomic E-state index is 0.681. The highest BCUT2D eigenvalue weighted by molar-refractivity contribution is 5.82. The van der Waals surface area contributed by atoms with E-state index in [2.05, 4.69) is 49.2 Å². The number of furan rings is 1. The second-order valence-electron chi connectivity index (χ2n) is 5.75. The van der Waals surface area contributed by atoms with Crippen molar-refractivity contribution < 1.29 is 4.42 Å². The smallest absolute Gasteiger partial charge is 0.134 e. The number of nitrogens with zero attached hydrogens (tertiary/aromatic N) is 1. The maximum Gasteiger partial charge on any atom is 0.134 e. The minimum Gasteiger partial charge on any atom is -0.459 e. The van der Waals surface area contributed by atoms with Crippen LogP contribution in [-0.4, -0.2) is 25.0 Å². The third kappa shape index (κ3) is 3.41. The third-order valence-corrected chi connectivity index (χ3v) is 3.57. The van der Waals surface area contributed by atoms with Crippen molar-refractivity contribution >= 4 is 11.0 Å². The van der Waals surface area contributed by atoms with Crippen molar-refractivity contribution in [2.75, 3.05) is 20.1 Å². The molecule has 0 aliphatic carbocycles. The maximum atomic E-state index is 6.00. The van der Waals surface area contributed by atoms with Crippen molar-refractivity contribution in [3.8, 4) is 0 Å². The second-order valence-corrected chi connectivity index (χ2v) is 5.75. The van der Waals surface area contributed by atoms with Gasteiger partial charge in [0, 0.05) is 24.0 Å². The third-order valence-electron chi connectivity index (χ3n) is 3.57. The Morgan fingerprint density at radius 2 is 2.00 bits per heavy atom. The molecule has 0 aliphatic rings. The number of fused-ring (bicyclic) bond motifs is 1. The van der Waals surface area contributed by atoms with Crippen LogP contribution in [0.5, 0.6) is 0 Å². The Bertz CT molecular complexity index is 545. The molecule has 0 aliphatic heterocycles. The first-order valence-electron chi connectivity index (χ1n) is 7.51. The van der Waals surface area contributed by atoms with Gasteiger partial charge in [-0.1, -0.05) is 39.0 Å². The van der Waals surface area contributed by atoms with Gasteiger partial charge in [0.05, 0.1) is 6.54 Å². The first kappa shape index (κ1) is 15.1. The van der Waals surface area contributed by atoms with E-state index in [0.717, 1.165) is 37.5 Å².